The van der Waals surface area contributed by atoms with Crippen molar-refractivity contribution in [3.63, 3.8) is 0 Å². The van der Waals surface area contributed by atoms with Gasteiger partial charge in [0.25, 0.3) is 0 Å². The summed E-state index contributed by atoms with van der Waals surface area (Å²) in [4.78, 5) is 28.3. The molecule has 2 heterocycles. The molecule has 2 aromatic rings. The van der Waals surface area contributed by atoms with Crippen LogP contribution in [0.15, 0.2) is 36.5 Å². The van der Waals surface area contributed by atoms with Crippen molar-refractivity contribution >= 4 is 29.2 Å². The van der Waals surface area contributed by atoms with E-state index in [1.165, 1.54) is 4.90 Å². The number of nitrogens with zero attached hydrogens (tertiary/aromatic N) is 4. The highest BCUT2D eigenvalue weighted by atomic mass is 35.5. The Balaban J connectivity index is 1.92. The van der Waals surface area contributed by atoms with Gasteiger partial charge in [0.05, 0.1) is 12.0 Å². The molecule has 1 aromatic heterocycles. The second-order valence-corrected chi connectivity index (χ2v) is 6.50. The summed E-state index contributed by atoms with van der Waals surface area (Å²) < 4.78 is 1.64. The van der Waals surface area contributed by atoms with Gasteiger partial charge in [-0.1, -0.05) is 23.7 Å². The monoisotopic (exact) mass is 346 g/mol. The first kappa shape index (κ1) is 16.5. The quantitative estimate of drug-likeness (QED) is 0.856. The van der Waals surface area contributed by atoms with Crippen LogP contribution in [0.25, 0.3) is 0 Å². The van der Waals surface area contributed by atoms with E-state index in [1.807, 2.05) is 18.2 Å². The van der Waals surface area contributed by atoms with Gasteiger partial charge in [-0.3, -0.25) is 19.2 Å². The van der Waals surface area contributed by atoms with Gasteiger partial charge < -0.3 is 4.90 Å². The van der Waals surface area contributed by atoms with Crippen LogP contribution in [0, 0.1) is 5.92 Å². The number of carbonyl (C=O) groups excluding carboxylic acids is 2. The van der Waals surface area contributed by atoms with Crippen LogP contribution in [0.5, 0.6) is 0 Å². The number of rotatable bonds is 3. The molecule has 2 amide bonds. The van der Waals surface area contributed by atoms with Gasteiger partial charge in [-0.15, -0.1) is 0 Å². The van der Waals surface area contributed by atoms with Crippen LogP contribution in [0.1, 0.15) is 18.0 Å². The van der Waals surface area contributed by atoms with Gasteiger partial charge in [0.1, 0.15) is 0 Å². The summed E-state index contributed by atoms with van der Waals surface area (Å²) in [5.74, 6) is -0.0774. The second-order valence-electron chi connectivity index (χ2n) is 6.06. The van der Waals surface area contributed by atoms with Crippen molar-refractivity contribution in [3.05, 3.63) is 47.1 Å². The molecule has 1 aliphatic heterocycles. The van der Waals surface area contributed by atoms with E-state index in [4.69, 9.17) is 11.6 Å². The molecule has 0 N–H and O–H groups in total. The van der Waals surface area contributed by atoms with E-state index < -0.39 is 5.92 Å². The highest BCUT2D eigenvalue weighted by molar-refractivity contribution is 6.30. The average molecular weight is 347 g/mol. The normalized spacial score (nSPS) is 20.5. The lowest BCUT2D eigenvalue weighted by molar-refractivity contribution is -0.128. The van der Waals surface area contributed by atoms with Crippen molar-refractivity contribution in [1.29, 1.82) is 0 Å². The summed E-state index contributed by atoms with van der Waals surface area (Å²) in [5.41, 5.74) is 0.864. The number of hydrogen-bond acceptors (Lipinski definition) is 3. The summed E-state index contributed by atoms with van der Waals surface area (Å²) in [5, 5.41) is 4.84. The number of hydrogen-bond donors (Lipinski definition) is 0. The predicted molar refractivity (Wildman–Crippen MR) is 91.7 cm³/mol. The van der Waals surface area contributed by atoms with E-state index in [0.717, 1.165) is 5.56 Å². The van der Waals surface area contributed by atoms with Crippen LogP contribution in [-0.2, 0) is 16.6 Å². The second kappa shape index (κ2) is 6.28. The number of carbonyl (C=O) groups is 2. The SMILES string of the molecule is CN(C(=O)C1CC(=O)N(C)C1c1cccc(Cl)c1)c1ccn(C)n1. The van der Waals surface area contributed by atoms with Crippen molar-refractivity contribution in [1.82, 2.24) is 14.7 Å². The third-order valence-electron chi connectivity index (χ3n) is 4.47. The molecule has 6 nitrogen and oxygen atoms in total. The molecule has 126 valence electrons. The first-order valence-corrected chi connectivity index (χ1v) is 8.04. The summed E-state index contributed by atoms with van der Waals surface area (Å²) >= 11 is 6.08. The van der Waals surface area contributed by atoms with E-state index in [0.29, 0.717) is 10.8 Å². The number of benzene rings is 1. The van der Waals surface area contributed by atoms with E-state index >= 15 is 0 Å². The summed E-state index contributed by atoms with van der Waals surface area (Å²) in [6, 6.07) is 8.76. The predicted octanol–water partition coefficient (Wildman–Crippen LogP) is 2.26. The Morgan fingerprint density at radius 2 is 2.08 bits per heavy atom. The maximum Gasteiger partial charge on any atom is 0.234 e. The number of aryl methyl sites for hydroxylation is 1. The molecule has 2 atom stereocenters. The van der Waals surface area contributed by atoms with Crippen molar-refractivity contribution < 1.29 is 9.59 Å². The molecule has 1 fully saturated rings. The molecule has 0 saturated carbocycles. The van der Waals surface area contributed by atoms with Crippen molar-refractivity contribution in [2.24, 2.45) is 13.0 Å². The fraction of sp³-hybridized carbons (Fsp3) is 0.353. The van der Waals surface area contributed by atoms with Crippen LogP contribution in [0.4, 0.5) is 5.82 Å². The molecule has 2 unspecified atom stereocenters. The summed E-state index contributed by atoms with van der Waals surface area (Å²) in [7, 11) is 5.20. The molecule has 1 aliphatic rings. The summed E-state index contributed by atoms with van der Waals surface area (Å²) in [6.07, 6.45) is 1.96. The first-order valence-electron chi connectivity index (χ1n) is 7.67. The zero-order chi connectivity index (χ0) is 17.4. The van der Waals surface area contributed by atoms with Crippen LogP contribution < -0.4 is 4.90 Å². The van der Waals surface area contributed by atoms with E-state index in [9.17, 15) is 9.59 Å². The third-order valence-corrected chi connectivity index (χ3v) is 4.70. The Kier molecular flexibility index (Phi) is 4.32. The van der Waals surface area contributed by atoms with Crippen LogP contribution >= 0.6 is 11.6 Å². The number of aromatic nitrogens is 2. The Morgan fingerprint density at radius 3 is 2.71 bits per heavy atom. The maximum absolute atomic E-state index is 13.0. The standard InChI is InChI=1S/C17H19ClN4O2/c1-20-8-7-14(19-20)21(2)17(24)13-10-15(23)22(3)16(13)11-5-4-6-12(18)9-11/h4-9,13,16H,10H2,1-3H3. The van der Waals surface area contributed by atoms with Gasteiger partial charge in [-0.2, -0.15) is 5.10 Å². The minimum atomic E-state index is -0.465. The smallest absolute Gasteiger partial charge is 0.234 e. The molecule has 0 bridgehead atoms. The number of likely N-dealkylation sites (tertiary alicyclic amines) is 1. The lowest BCUT2D eigenvalue weighted by atomic mass is 9.92. The number of anilines is 1. The molecule has 0 aliphatic carbocycles. The van der Waals surface area contributed by atoms with E-state index in [1.54, 1.807) is 49.1 Å². The molecular formula is C17H19ClN4O2. The zero-order valence-corrected chi connectivity index (χ0v) is 14.6. The molecule has 3 rings (SSSR count). The largest absolute Gasteiger partial charge is 0.338 e. The Labute approximate surface area is 145 Å². The lowest BCUT2D eigenvalue weighted by Crippen LogP contribution is -2.36. The zero-order valence-electron chi connectivity index (χ0n) is 13.8. The van der Waals surface area contributed by atoms with Gasteiger partial charge in [-0.05, 0) is 17.7 Å². The van der Waals surface area contributed by atoms with Crippen molar-refractivity contribution in [2.75, 3.05) is 19.0 Å². The molecule has 24 heavy (non-hydrogen) atoms. The van der Waals surface area contributed by atoms with Gasteiger partial charge in [-0.25, -0.2) is 0 Å². The fourth-order valence-electron chi connectivity index (χ4n) is 3.18. The Bertz CT molecular complexity index is 788. The number of amides is 2. The molecule has 0 radical (unpaired) electrons. The van der Waals surface area contributed by atoms with Crippen molar-refractivity contribution in [2.45, 2.75) is 12.5 Å². The Morgan fingerprint density at radius 1 is 1.33 bits per heavy atom. The summed E-state index contributed by atoms with van der Waals surface area (Å²) in [6.45, 7) is 0. The third kappa shape index (κ3) is 2.89. The van der Waals surface area contributed by atoms with Crippen molar-refractivity contribution in [3.8, 4) is 0 Å². The van der Waals surface area contributed by atoms with E-state index in [-0.39, 0.29) is 24.3 Å². The first-order chi connectivity index (χ1) is 11.4. The van der Waals surface area contributed by atoms with Gasteiger partial charge >= 0.3 is 0 Å². The molecule has 1 saturated heterocycles. The molecular weight excluding hydrogens is 328 g/mol. The Hall–Kier alpha value is -2.34. The van der Waals surface area contributed by atoms with E-state index in [2.05, 4.69) is 5.10 Å². The molecule has 7 heteroatoms. The van der Waals surface area contributed by atoms with Gasteiger partial charge in [0.15, 0.2) is 5.82 Å². The van der Waals surface area contributed by atoms with Crippen LogP contribution in [0.3, 0.4) is 0 Å². The highest BCUT2D eigenvalue weighted by Gasteiger charge is 2.44. The van der Waals surface area contributed by atoms with Gasteiger partial charge in [0, 0.05) is 44.8 Å². The maximum atomic E-state index is 13.0. The van der Waals surface area contributed by atoms with Crippen LogP contribution in [-0.4, -0.2) is 40.6 Å². The molecule has 1 aromatic carbocycles. The van der Waals surface area contributed by atoms with Crippen LogP contribution in [0.2, 0.25) is 5.02 Å². The fourth-order valence-corrected chi connectivity index (χ4v) is 3.38. The minimum absolute atomic E-state index is 0.0484. The topological polar surface area (TPSA) is 58.4 Å². The minimum Gasteiger partial charge on any atom is -0.338 e. The lowest BCUT2D eigenvalue weighted by Gasteiger charge is -2.27. The average Bonchev–Trinajstić information content (AvgIpc) is 3.10. The van der Waals surface area contributed by atoms with Gasteiger partial charge in [0.2, 0.25) is 11.8 Å². The highest BCUT2D eigenvalue weighted by Crippen LogP contribution is 2.39. The molecule has 0 spiro atoms. The number of halogens is 1.